The number of ether oxygens (including phenoxy) is 1. The number of aromatic nitrogens is 2. The topological polar surface area (TPSA) is 59.4 Å². The molecule has 0 spiro atoms. The second kappa shape index (κ2) is 8.16. The van der Waals surface area contributed by atoms with Crippen molar-refractivity contribution < 1.29 is 22.7 Å². The zero-order valence-corrected chi connectivity index (χ0v) is 16.7. The van der Waals surface area contributed by atoms with E-state index < -0.39 is 12.2 Å². The van der Waals surface area contributed by atoms with Crippen LogP contribution in [0.15, 0.2) is 6.07 Å². The van der Waals surface area contributed by atoms with E-state index in [0.29, 0.717) is 37.3 Å². The number of carbonyl (C=O) groups excluding carboxylic acids is 1. The van der Waals surface area contributed by atoms with Crippen LogP contribution in [0.1, 0.15) is 76.1 Å². The molecule has 0 aromatic carbocycles. The van der Waals surface area contributed by atoms with Crippen molar-refractivity contribution in [2.75, 3.05) is 18.5 Å². The van der Waals surface area contributed by atoms with Crippen LogP contribution in [0.2, 0.25) is 0 Å². The van der Waals surface area contributed by atoms with Crippen LogP contribution in [0.4, 0.5) is 19.0 Å². The summed E-state index contributed by atoms with van der Waals surface area (Å²) in [6.45, 7) is 3.27. The number of rotatable bonds is 5. The summed E-state index contributed by atoms with van der Waals surface area (Å²) in [6.07, 6.45) is 1.12. The maximum atomic E-state index is 13.6. The zero-order valence-electron chi connectivity index (χ0n) is 16.7. The molecule has 29 heavy (non-hydrogen) atoms. The summed E-state index contributed by atoms with van der Waals surface area (Å²) in [6, 6.07) is -0.397. The Bertz CT molecular complexity index is 730. The number of fused-ring (bicyclic) bond motifs is 1. The van der Waals surface area contributed by atoms with Crippen molar-refractivity contribution >= 4 is 11.7 Å². The molecular weight excluding hydrogens is 385 g/mol. The first-order chi connectivity index (χ1) is 13.9. The van der Waals surface area contributed by atoms with Crippen molar-refractivity contribution in [3.8, 4) is 0 Å². The van der Waals surface area contributed by atoms with Gasteiger partial charge in [0, 0.05) is 31.7 Å². The van der Waals surface area contributed by atoms with Crippen molar-refractivity contribution in [1.82, 2.24) is 14.7 Å². The zero-order chi connectivity index (χ0) is 20.6. The smallest absolute Gasteiger partial charge is 0.378 e. The van der Waals surface area contributed by atoms with E-state index in [2.05, 4.69) is 10.4 Å². The van der Waals surface area contributed by atoms with Crippen molar-refractivity contribution in [3.63, 3.8) is 0 Å². The van der Waals surface area contributed by atoms with Gasteiger partial charge in [0.2, 0.25) is 5.91 Å². The molecule has 0 aliphatic carbocycles. The summed E-state index contributed by atoms with van der Waals surface area (Å²) in [5.74, 6) is 0.444. The lowest BCUT2D eigenvalue weighted by molar-refractivity contribution is -0.173. The molecule has 1 aromatic heterocycles. The average Bonchev–Trinajstić information content (AvgIpc) is 3.43. The Balaban J connectivity index is 1.50. The van der Waals surface area contributed by atoms with Crippen LogP contribution in [0.3, 0.4) is 0 Å². The molecule has 162 valence electrons. The lowest BCUT2D eigenvalue weighted by Crippen LogP contribution is -2.39. The lowest BCUT2D eigenvalue weighted by Gasteiger charge is -2.32. The molecule has 0 bridgehead atoms. The number of likely N-dealkylation sites (tertiary alicyclic amines) is 1. The molecule has 2 fully saturated rings. The number of nitrogens with one attached hydrogen (secondary N) is 1. The fourth-order valence-electron chi connectivity index (χ4n) is 4.77. The molecule has 3 aliphatic rings. The van der Waals surface area contributed by atoms with E-state index in [1.165, 1.54) is 0 Å². The Morgan fingerprint density at radius 1 is 1.34 bits per heavy atom. The summed E-state index contributed by atoms with van der Waals surface area (Å²) in [5, 5.41) is 7.51. The fourth-order valence-corrected chi connectivity index (χ4v) is 4.77. The summed E-state index contributed by atoms with van der Waals surface area (Å²) >= 11 is 0. The largest absolute Gasteiger partial charge is 0.410 e. The molecule has 1 N–H and O–H groups in total. The minimum absolute atomic E-state index is 0.0250. The quantitative estimate of drug-likeness (QED) is 0.784. The molecule has 6 nitrogen and oxygen atoms in total. The number of nitrogens with zero attached hydrogens (tertiary/aromatic N) is 3. The van der Waals surface area contributed by atoms with Crippen LogP contribution in [0, 0.1) is 0 Å². The molecule has 0 unspecified atom stereocenters. The summed E-state index contributed by atoms with van der Waals surface area (Å²) in [5.41, 5.74) is 0.557. The molecule has 1 amide bonds. The van der Waals surface area contributed by atoms with E-state index in [1.54, 1.807) is 11.0 Å². The Morgan fingerprint density at radius 2 is 2.17 bits per heavy atom. The molecule has 0 saturated carbocycles. The van der Waals surface area contributed by atoms with Crippen LogP contribution in [-0.4, -0.2) is 52.1 Å². The van der Waals surface area contributed by atoms with Crippen LogP contribution in [0.5, 0.6) is 0 Å². The van der Waals surface area contributed by atoms with Gasteiger partial charge in [-0.15, -0.1) is 0 Å². The number of hydrogen-bond donors (Lipinski definition) is 1. The molecule has 2 saturated heterocycles. The summed E-state index contributed by atoms with van der Waals surface area (Å²) < 4.78 is 47.5. The summed E-state index contributed by atoms with van der Waals surface area (Å²) in [4.78, 5) is 14.6. The SMILES string of the molecule is CC[C@@H]1C[C@H](C(F)(F)F)n2nc([C@H]3CCCN3C(=O)CC[C@@H]3CCCO3)cc2N1. The molecule has 4 heterocycles. The Morgan fingerprint density at radius 3 is 2.86 bits per heavy atom. The second-order valence-electron chi connectivity index (χ2n) is 8.36. The standard InChI is InChI=1S/C20H29F3N4O2/c1-2-13-11-17(20(21,22)23)27-18(24-13)12-15(25-27)16-6-3-9-26(16)19(28)8-7-14-5-4-10-29-14/h12-14,16-17,24H,2-11H2,1H3/t13-,14+,16-,17-/m1/s1. The third-order valence-corrected chi connectivity index (χ3v) is 6.40. The Labute approximate surface area is 168 Å². The normalized spacial score (nSPS) is 29.7. The highest BCUT2D eigenvalue weighted by molar-refractivity contribution is 5.77. The number of carbonyl (C=O) groups is 1. The van der Waals surface area contributed by atoms with Gasteiger partial charge in [-0.3, -0.25) is 4.79 Å². The summed E-state index contributed by atoms with van der Waals surface area (Å²) in [7, 11) is 0. The molecule has 9 heteroatoms. The van der Waals surface area contributed by atoms with Crippen molar-refractivity contribution in [2.24, 2.45) is 0 Å². The first-order valence-corrected chi connectivity index (χ1v) is 10.7. The van der Waals surface area contributed by atoms with Gasteiger partial charge in [0.05, 0.1) is 17.8 Å². The van der Waals surface area contributed by atoms with Crippen molar-refractivity contribution in [3.05, 3.63) is 11.8 Å². The van der Waals surface area contributed by atoms with E-state index in [1.807, 2.05) is 6.92 Å². The van der Waals surface area contributed by atoms with Gasteiger partial charge in [0.15, 0.2) is 6.04 Å². The number of amides is 1. The third kappa shape index (κ3) is 4.25. The second-order valence-corrected chi connectivity index (χ2v) is 8.36. The monoisotopic (exact) mass is 414 g/mol. The highest BCUT2D eigenvalue weighted by Gasteiger charge is 2.46. The Hall–Kier alpha value is -1.77. The minimum atomic E-state index is -4.35. The van der Waals surface area contributed by atoms with Gasteiger partial charge in [0.25, 0.3) is 0 Å². The number of hydrogen-bond acceptors (Lipinski definition) is 4. The molecule has 4 rings (SSSR count). The van der Waals surface area contributed by atoms with Gasteiger partial charge in [-0.05, 0) is 44.9 Å². The predicted octanol–water partition coefficient (Wildman–Crippen LogP) is 4.20. The van der Waals surface area contributed by atoms with Crippen LogP contribution in [-0.2, 0) is 9.53 Å². The van der Waals surface area contributed by atoms with E-state index in [0.717, 1.165) is 37.0 Å². The number of alkyl halides is 3. The maximum Gasteiger partial charge on any atom is 0.410 e. The highest BCUT2D eigenvalue weighted by atomic mass is 19.4. The predicted molar refractivity (Wildman–Crippen MR) is 102 cm³/mol. The molecule has 4 atom stereocenters. The first kappa shape index (κ1) is 20.5. The third-order valence-electron chi connectivity index (χ3n) is 6.40. The van der Waals surface area contributed by atoms with Gasteiger partial charge in [0.1, 0.15) is 5.82 Å². The van der Waals surface area contributed by atoms with Gasteiger partial charge < -0.3 is 15.0 Å². The maximum absolute atomic E-state index is 13.6. The molecule has 1 aromatic rings. The van der Waals surface area contributed by atoms with Gasteiger partial charge in [-0.25, -0.2) is 4.68 Å². The van der Waals surface area contributed by atoms with Crippen LogP contribution in [0.25, 0.3) is 0 Å². The van der Waals surface area contributed by atoms with Crippen molar-refractivity contribution in [2.45, 2.75) is 88.7 Å². The molecular formula is C20H29F3N4O2. The van der Waals surface area contributed by atoms with E-state index in [-0.39, 0.29) is 30.5 Å². The van der Waals surface area contributed by atoms with Gasteiger partial charge in [-0.1, -0.05) is 6.92 Å². The Kier molecular flexibility index (Phi) is 5.77. The van der Waals surface area contributed by atoms with Crippen LogP contribution >= 0.6 is 0 Å². The average molecular weight is 414 g/mol. The first-order valence-electron chi connectivity index (χ1n) is 10.7. The molecule has 3 aliphatic heterocycles. The van der Waals surface area contributed by atoms with E-state index in [9.17, 15) is 18.0 Å². The fraction of sp³-hybridized carbons (Fsp3) is 0.800. The number of halogens is 3. The van der Waals surface area contributed by atoms with E-state index in [4.69, 9.17) is 4.74 Å². The highest BCUT2D eigenvalue weighted by Crippen LogP contribution is 2.42. The van der Waals surface area contributed by atoms with Crippen molar-refractivity contribution in [1.29, 1.82) is 0 Å². The van der Waals surface area contributed by atoms with Gasteiger partial charge in [-0.2, -0.15) is 18.3 Å². The van der Waals surface area contributed by atoms with E-state index >= 15 is 0 Å². The number of anilines is 1. The van der Waals surface area contributed by atoms with Crippen LogP contribution < -0.4 is 5.32 Å². The lowest BCUT2D eigenvalue weighted by atomic mass is 10.0. The molecule has 0 radical (unpaired) electrons. The minimum Gasteiger partial charge on any atom is -0.378 e. The van der Waals surface area contributed by atoms with Gasteiger partial charge >= 0.3 is 6.18 Å².